The summed E-state index contributed by atoms with van der Waals surface area (Å²) in [5.41, 5.74) is 0.133. The Balaban J connectivity index is 1.38. The summed E-state index contributed by atoms with van der Waals surface area (Å²) in [5.74, 6) is 0.978. The molecule has 1 aromatic heterocycles. The summed E-state index contributed by atoms with van der Waals surface area (Å²) in [6.07, 6.45) is 0.986. The molecular weight excluding hydrogens is 481 g/mol. The number of amides is 2. The van der Waals surface area contributed by atoms with Crippen LogP contribution in [0.2, 0.25) is 0 Å². The minimum absolute atomic E-state index is 0.00229. The molecule has 1 unspecified atom stereocenters. The minimum atomic E-state index is -4.44. The second-order valence-corrected chi connectivity index (χ2v) is 10.7. The average Bonchev–Trinajstić information content (AvgIpc) is 3.38. The van der Waals surface area contributed by atoms with Crippen LogP contribution in [0.1, 0.15) is 75.3 Å². The molecule has 1 N–H and O–H groups in total. The maximum Gasteiger partial charge on any atom is 0.416 e. The van der Waals surface area contributed by atoms with E-state index in [2.05, 4.69) is 10.3 Å². The Morgan fingerprint density at radius 3 is 2.71 bits per heavy atom. The van der Waals surface area contributed by atoms with Gasteiger partial charge < -0.3 is 9.15 Å². The number of aromatic nitrogens is 1. The fourth-order valence-electron chi connectivity index (χ4n) is 4.69. The number of hydrogen-bond acceptors (Lipinski definition) is 6. The van der Waals surface area contributed by atoms with Gasteiger partial charge >= 0.3 is 6.18 Å². The van der Waals surface area contributed by atoms with Crippen molar-refractivity contribution in [3.8, 4) is 11.5 Å². The van der Waals surface area contributed by atoms with Gasteiger partial charge in [-0.3, -0.25) is 14.9 Å². The zero-order valence-corrected chi connectivity index (χ0v) is 20.5. The molecule has 4 rings (SSSR count). The molecule has 2 aliphatic rings. The standard InChI is InChI=1S/C25H29F3N2O4S/c1-14(2)21-19(29-23(34-21)16-6-4-7-17(12-16)25(26,27)28)13-33-18-8-3-5-15(11-18)9-10-20-22(31)30-24(32)35-20/h4,6-7,12,14-15,18,20H,3,5,8-11,13H2,1-2H3,(H,30,31,32)/t15-,18-,20?/m0/s1. The first-order chi connectivity index (χ1) is 16.6. The van der Waals surface area contributed by atoms with Gasteiger partial charge in [0.2, 0.25) is 11.8 Å². The molecule has 35 heavy (non-hydrogen) atoms. The molecule has 2 amide bonds. The molecule has 0 spiro atoms. The molecule has 0 radical (unpaired) electrons. The first-order valence-electron chi connectivity index (χ1n) is 11.9. The van der Waals surface area contributed by atoms with Crippen LogP contribution in [-0.4, -0.2) is 27.5 Å². The molecule has 2 fully saturated rings. The van der Waals surface area contributed by atoms with Crippen molar-refractivity contribution < 1.29 is 31.9 Å². The maximum absolute atomic E-state index is 13.1. The highest BCUT2D eigenvalue weighted by atomic mass is 32.2. The number of alkyl halides is 3. The van der Waals surface area contributed by atoms with E-state index in [-0.39, 0.29) is 46.5 Å². The molecule has 1 saturated heterocycles. The lowest BCUT2D eigenvalue weighted by molar-refractivity contribution is -0.137. The summed E-state index contributed by atoms with van der Waals surface area (Å²) < 4.78 is 51.4. The first-order valence-corrected chi connectivity index (χ1v) is 12.8. The summed E-state index contributed by atoms with van der Waals surface area (Å²) in [4.78, 5) is 27.6. The second-order valence-electron chi connectivity index (χ2n) is 9.49. The maximum atomic E-state index is 13.1. The highest BCUT2D eigenvalue weighted by Crippen LogP contribution is 2.35. The van der Waals surface area contributed by atoms with Crippen LogP contribution in [0.25, 0.3) is 11.5 Å². The van der Waals surface area contributed by atoms with Crippen LogP contribution < -0.4 is 5.32 Å². The van der Waals surface area contributed by atoms with Gasteiger partial charge in [0.15, 0.2) is 0 Å². The molecule has 1 aliphatic heterocycles. The number of halogens is 3. The summed E-state index contributed by atoms with van der Waals surface area (Å²) in [5, 5.41) is 1.75. The Bertz CT molecular complexity index is 1070. The predicted molar refractivity (Wildman–Crippen MR) is 126 cm³/mol. The summed E-state index contributed by atoms with van der Waals surface area (Å²) >= 11 is 1.07. The molecule has 10 heteroatoms. The van der Waals surface area contributed by atoms with E-state index in [1.807, 2.05) is 13.8 Å². The van der Waals surface area contributed by atoms with Crippen molar-refractivity contribution >= 4 is 22.9 Å². The van der Waals surface area contributed by atoms with E-state index in [1.165, 1.54) is 6.07 Å². The quantitative estimate of drug-likeness (QED) is 0.426. The fourth-order valence-corrected chi connectivity index (χ4v) is 5.53. The Morgan fingerprint density at radius 2 is 2.03 bits per heavy atom. The van der Waals surface area contributed by atoms with Gasteiger partial charge in [-0.25, -0.2) is 4.98 Å². The van der Waals surface area contributed by atoms with Crippen LogP contribution in [0.5, 0.6) is 0 Å². The number of carbonyl (C=O) groups excluding carboxylic acids is 2. The first kappa shape index (κ1) is 25.8. The minimum Gasteiger partial charge on any atom is -0.441 e. The average molecular weight is 511 g/mol. The van der Waals surface area contributed by atoms with Crippen LogP contribution in [0.15, 0.2) is 28.7 Å². The third-order valence-electron chi connectivity index (χ3n) is 6.48. The van der Waals surface area contributed by atoms with E-state index in [0.717, 1.165) is 56.0 Å². The van der Waals surface area contributed by atoms with E-state index in [0.29, 0.717) is 23.8 Å². The van der Waals surface area contributed by atoms with Crippen LogP contribution in [0, 0.1) is 5.92 Å². The number of nitrogens with one attached hydrogen (secondary N) is 1. The molecule has 3 atom stereocenters. The van der Waals surface area contributed by atoms with Crippen LogP contribution in [-0.2, 0) is 22.3 Å². The van der Waals surface area contributed by atoms with Crippen molar-refractivity contribution in [1.82, 2.24) is 10.3 Å². The molecule has 6 nitrogen and oxygen atoms in total. The SMILES string of the molecule is CC(C)c1oc(-c2cccc(C(F)(F)F)c2)nc1CO[C@H]1CCC[C@@H](CCC2SC(=O)NC2=O)C1. The van der Waals surface area contributed by atoms with Crippen molar-refractivity contribution in [1.29, 1.82) is 0 Å². The van der Waals surface area contributed by atoms with Gasteiger partial charge in [-0.05, 0) is 49.8 Å². The van der Waals surface area contributed by atoms with Gasteiger partial charge in [0.1, 0.15) is 11.5 Å². The zero-order valence-electron chi connectivity index (χ0n) is 19.7. The Morgan fingerprint density at radius 1 is 1.23 bits per heavy atom. The predicted octanol–water partition coefficient (Wildman–Crippen LogP) is 6.69. The number of thioether (sulfide) groups is 1. The molecule has 0 bridgehead atoms. The summed E-state index contributed by atoms with van der Waals surface area (Å²) in [6, 6.07) is 4.97. The van der Waals surface area contributed by atoms with E-state index in [9.17, 15) is 22.8 Å². The van der Waals surface area contributed by atoms with Crippen molar-refractivity contribution in [3.05, 3.63) is 41.3 Å². The molecule has 1 aliphatic carbocycles. The van der Waals surface area contributed by atoms with Crippen LogP contribution in [0.3, 0.4) is 0 Å². The van der Waals surface area contributed by atoms with Gasteiger partial charge in [-0.1, -0.05) is 44.5 Å². The number of nitrogens with zero attached hydrogens (tertiary/aromatic N) is 1. The Kier molecular flexibility index (Phi) is 7.90. The zero-order chi connectivity index (χ0) is 25.2. The number of hydrogen-bond donors (Lipinski definition) is 1. The third-order valence-corrected chi connectivity index (χ3v) is 7.53. The lowest BCUT2D eigenvalue weighted by Crippen LogP contribution is -2.26. The topological polar surface area (TPSA) is 81.4 Å². The number of oxazole rings is 1. The van der Waals surface area contributed by atoms with Crippen LogP contribution in [0.4, 0.5) is 18.0 Å². The number of imide groups is 1. The molecule has 190 valence electrons. The van der Waals surface area contributed by atoms with Gasteiger partial charge in [0, 0.05) is 11.5 Å². The number of ether oxygens (including phenoxy) is 1. The second kappa shape index (κ2) is 10.7. The lowest BCUT2D eigenvalue weighted by Gasteiger charge is -2.29. The van der Waals surface area contributed by atoms with E-state index in [1.54, 1.807) is 6.07 Å². The Hall–Kier alpha value is -2.33. The largest absolute Gasteiger partial charge is 0.441 e. The van der Waals surface area contributed by atoms with E-state index in [4.69, 9.17) is 9.15 Å². The number of benzene rings is 1. The van der Waals surface area contributed by atoms with Gasteiger partial charge in [-0.2, -0.15) is 13.2 Å². The van der Waals surface area contributed by atoms with E-state index < -0.39 is 11.7 Å². The van der Waals surface area contributed by atoms with Gasteiger partial charge in [-0.15, -0.1) is 0 Å². The molecular formula is C25H29F3N2O4S. The normalized spacial score (nSPS) is 23.2. The monoisotopic (exact) mass is 510 g/mol. The van der Waals surface area contributed by atoms with Crippen molar-refractivity contribution in [3.63, 3.8) is 0 Å². The molecule has 2 aromatic rings. The van der Waals surface area contributed by atoms with Crippen molar-refractivity contribution in [2.75, 3.05) is 0 Å². The van der Waals surface area contributed by atoms with Crippen molar-refractivity contribution in [2.24, 2.45) is 5.92 Å². The highest BCUT2D eigenvalue weighted by molar-refractivity contribution is 8.15. The number of carbonyl (C=O) groups is 2. The van der Waals surface area contributed by atoms with Gasteiger partial charge in [0.25, 0.3) is 5.24 Å². The molecule has 1 aromatic carbocycles. The smallest absolute Gasteiger partial charge is 0.416 e. The highest BCUT2D eigenvalue weighted by Gasteiger charge is 2.33. The van der Waals surface area contributed by atoms with E-state index >= 15 is 0 Å². The lowest BCUT2D eigenvalue weighted by atomic mass is 9.84. The summed E-state index contributed by atoms with van der Waals surface area (Å²) in [7, 11) is 0. The fraction of sp³-hybridized carbons (Fsp3) is 0.560. The van der Waals surface area contributed by atoms with Crippen molar-refractivity contribution in [2.45, 2.75) is 82.4 Å². The number of rotatable bonds is 8. The molecule has 1 saturated carbocycles. The third kappa shape index (κ3) is 6.46. The van der Waals surface area contributed by atoms with Gasteiger partial charge in [0.05, 0.1) is 23.5 Å². The Labute approximate surface area is 206 Å². The summed E-state index contributed by atoms with van der Waals surface area (Å²) in [6.45, 7) is 4.11. The van der Waals surface area contributed by atoms with Crippen LogP contribution >= 0.6 is 11.8 Å². The molecule has 2 heterocycles.